The summed E-state index contributed by atoms with van der Waals surface area (Å²) in [5, 5.41) is 18.8. The lowest BCUT2D eigenvalue weighted by molar-refractivity contribution is -0.139. The van der Waals surface area contributed by atoms with Crippen molar-refractivity contribution in [3.05, 3.63) is 40.9 Å². The average Bonchev–Trinajstić information content (AvgIpc) is 2.98. The van der Waals surface area contributed by atoms with E-state index >= 15 is 0 Å². The number of aliphatic carboxylic acids is 1. The lowest BCUT2D eigenvalue weighted by Gasteiger charge is -2.15. The number of halogens is 2. The molecular formula is C15H16ClFN4O3. The van der Waals surface area contributed by atoms with Crippen LogP contribution in [-0.2, 0) is 4.79 Å². The number of carboxylic acids is 1. The fraction of sp³-hybridized carbons (Fsp3) is 0.333. The molecule has 0 saturated carbocycles. The number of benzene rings is 1. The Balaban J connectivity index is 2.19. The van der Waals surface area contributed by atoms with E-state index in [1.807, 2.05) is 13.8 Å². The van der Waals surface area contributed by atoms with Crippen molar-refractivity contribution in [2.75, 3.05) is 0 Å². The molecule has 2 aromatic rings. The molecule has 0 aliphatic rings. The van der Waals surface area contributed by atoms with Crippen LogP contribution in [0.25, 0.3) is 5.69 Å². The van der Waals surface area contributed by atoms with Crippen LogP contribution in [0.3, 0.4) is 0 Å². The molecule has 9 heteroatoms. The summed E-state index contributed by atoms with van der Waals surface area (Å²) in [5.74, 6) is -2.44. The molecule has 0 fully saturated rings. The molecule has 1 amide bonds. The Kier molecular flexibility index (Phi) is 5.50. The van der Waals surface area contributed by atoms with Crippen LogP contribution in [0.1, 0.15) is 30.8 Å². The molecule has 1 heterocycles. The van der Waals surface area contributed by atoms with E-state index in [0.29, 0.717) is 0 Å². The van der Waals surface area contributed by atoms with Crippen molar-refractivity contribution in [1.82, 2.24) is 20.3 Å². The summed E-state index contributed by atoms with van der Waals surface area (Å²) in [6, 6.07) is 3.31. The minimum Gasteiger partial charge on any atom is -0.480 e. The molecule has 0 saturated heterocycles. The zero-order valence-electron chi connectivity index (χ0n) is 13.0. The number of hydrogen-bond donors (Lipinski definition) is 2. The first-order valence-corrected chi connectivity index (χ1v) is 7.57. The van der Waals surface area contributed by atoms with Gasteiger partial charge in [-0.25, -0.2) is 13.9 Å². The first-order valence-electron chi connectivity index (χ1n) is 7.20. The summed E-state index contributed by atoms with van der Waals surface area (Å²) in [6.45, 7) is 3.70. The molecule has 24 heavy (non-hydrogen) atoms. The SMILES string of the molecule is CC(C)C[C@@H](NC(=O)c1cn(-c2cccc(Cl)c2F)nn1)C(=O)O. The fourth-order valence-electron chi connectivity index (χ4n) is 2.08. The van der Waals surface area contributed by atoms with E-state index in [2.05, 4.69) is 15.6 Å². The predicted molar refractivity (Wildman–Crippen MR) is 84.7 cm³/mol. The summed E-state index contributed by atoms with van der Waals surface area (Å²) < 4.78 is 15.0. The maximum absolute atomic E-state index is 14.0. The monoisotopic (exact) mass is 354 g/mol. The van der Waals surface area contributed by atoms with Crippen molar-refractivity contribution in [1.29, 1.82) is 0 Å². The van der Waals surface area contributed by atoms with Gasteiger partial charge in [-0.15, -0.1) is 5.10 Å². The zero-order valence-corrected chi connectivity index (χ0v) is 13.8. The van der Waals surface area contributed by atoms with Gasteiger partial charge in [-0.1, -0.05) is 36.7 Å². The van der Waals surface area contributed by atoms with Gasteiger partial charge in [-0.05, 0) is 24.5 Å². The van der Waals surface area contributed by atoms with Gasteiger partial charge in [-0.3, -0.25) is 4.79 Å². The number of hydrogen-bond acceptors (Lipinski definition) is 4. The Morgan fingerprint density at radius 2 is 2.12 bits per heavy atom. The largest absolute Gasteiger partial charge is 0.480 e. The average molecular weight is 355 g/mol. The van der Waals surface area contributed by atoms with E-state index < -0.39 is 23.7 Å². The highest BCUT2D eigenvalue weighted by Gasteiger charge is 2.23. The molecular weight excluding hydrogens is 339 g/mol. The second kappa shape index (κ2) is 7.39. The van der Waals surface area contributed by atoms with Gasteiger partial charge in [0.2, 0.25) is 0 Å². The standard InChI is InChI=1S/C15H16ClFN4O3/c1-8(2)6-10(15(23)24)18-14(22)11-7-21(20-19-11)12-5-3-4-9(16)13(12)17/h3-5,7-8,10H,6H2,1-2H3,(H,18,22)(H,23,24)/t10-/m1/s1. The van der Waals surface area contributed by atoms with Crippen molar-refractivity contribution in [3.8, 4) is 5.69 Å². The van der Waals surface area contributed by atoms with Crippen LogP contribution in [0.2, 0.25) is 5.02 Å². The van der Waals surface area contributed by atoms with Gasteiger partial charge in [-0.2, -0.15) is 0 Å². The minimum absolute atomic E-state index is 0.0333. The van der Waals surface area contributed by atoms with Crippen LogP contribution >= 0.6 is 11.6 Å². The quantitative estimate of drug-likeness (QED) is 0.829. The number of rotatable bonds is 6. The van der Waals surface area contributed by atoms with Crippen LogP contribution in [0.4, 0.5) is 4.39 Å². The van der Waals surface area contributed by atoms with Gasteiger partial charge in [0.1, 0.15) is 11.7 Å². The lowest BCUT2D eigenvalue weighted by atomic mass is 10.0. The molecule has 1 aromatic carbocycles. The fourth-order valence-corrected chi connectivity index (χ4v) is 2.25. The number of nitrogens with one attached hydrogen (secondary N) is 1. The van der Waals surface area contributed by atoms with Crippen LogP contribution in [0.5, 0.6) is 0 Å². The Morgan fingerprint density at radius 3 is 2.75 bits per heavy atom. The molecule has 0 unspecified atom stereocenters. The van der Waals surface area contributed by atoms with E-state index in [9.17, 15) is 14.0 Å². The number of aromatic nitrogens is 3. The van der Waals surface area contributed by atoms with Gasteiger partial charge < -0.3 is 10.4 Å². The molecule has 0 aliphatic carbocycles. The van der Waals surface area contributed by atoms with Gasteiger partial charge in [0, 0.05) is 0 Å². The van der Waals surface area contributed by atoms with Crippen molar-refractivity contribution in [2.45, 2.75) is 26.3 Å². The van der Waals surface area contributed by atoms with Gasteiger partial charge in [0.25, 0.3) is 5.91 Å². The molecule has 2 rings (SSSR count). The third kappa shape index (κ3) is 4.08. The molecule has 0 aliphatic heterocycles. The highest BCUT2D eigenvalue weighted by Crippen LogP contribution is 2.20. The first kappa shape index (κ1) is 17.9. The van der Waals surface area contributed by atoms with Crippen molar-refractivity contribution in [3.63, 3.8) is 0 Å². The maximum atomic E-state index is 14.0. The Bertz CT molecular complexity index is 763. The Labute approximate surface area is 142 Å². The summed E-state index contributed by atoms with van der Waals surface area (Å²) in [5.41, 5.74) is -0.0876. The third-order valence-electron chi connectivity index (χ3n) is 3.21. The highest BCUT2D eigenvalue weighted by molar-refractivity contribution is 6.30. The summed E-state index contributed by atoms with van der Waals surface area (Å²) in [7, 11) is 0. The number of carbonyl (C=O) groups is 2. The summed E-state index contributed by atoms with van der Waals surface area (Å²) >= 11 is 5.70. The van der Waals surface area contributed by atoms with E-state index in [-0.39, 0.29) is 28.7 Å². The Hall–Kier alpha value is -2.48. The number of amides is 1. The highest BCUT2D eigenvalue weighted by atomic mass is 35.5. The second-order valence-electron chi connectivity index (χ2n) is 5.62. The van der Waals surface area contributed by atoms with E-state index in [1.165, 1.54) is 24.4 Å². The minimum atomic E-state index is -1.13. The van der Waals surface area contributed by atoms with Crippen LogP contribution in [0, 0.1) is 11.7 Å². The van der Waals surface area contributed by atoms with E-state index in [0.717, 1.165) is 4.68 Å². The topological polar surface area (TPSA) is 97.1 Å². The molecule has 2 N–H and O–H groups in total. The molecule has 7 nitrogen and oxygen atoms in total. The van der Waals surface area contributed by atoms with E-state index in [4.69, 9.17) is 16.7 Å². The molecule has 0 spiro atoms. The van der Waals surface area contributed by atoms with E-state index in [1.54, 1.807) is 0 Å². The first-order chi connectivity index (χ1) is 11.3. The van der Waals surface area contributed by atoms with Crippen molar-refractivity contribution in [2.24, 2.45) is 5.92 Å². The smallest absolute Gasteiger partial charge is 0.326 e. The predicted octanol–water partition coefficient (Wildman–Crippen LogP) is 2.29. The van der Waals surface area contributed by atoms with Crippen molar-refractivity contribution >= 4 is 23.5 Å². The number of nitrogens with zero attached hydrogens (tertiary/aromatic N) is 3. The maximum Gasteiger partial charge on any atom is 0.326 e. The van der Waals surface area contributed by atoms with Crippen LogP contribution in [0.15, 0.2) is 24.4 Å². The summed E-state index contributed by atoms with van der Waals surface area (Å²) in [6.07, 6.45) is 1.48. The molecule has 0 radical (unpaired) electrons. The molecule has 1 atom stereocenters. The Morgan fingerprint density at radius 1 is 1.42 bits per heavy atom. The van der Waals surface area contributed by atoms with Gasteiger partial charge in [0.05, 0.1) is 11.2 Å². The number of carboxylic acid groups (broad SMARTS) is 1. The normalized spacial score (nSPS) is 12.2. The summed E-state index contributed by atoms with van der Waals surface area (Å²) in [4.78, 5) is 23.3. The van der Waals surface area contributed by atoms with Crippen LogP contribution < -0.4 is 5.32 Å². The molecule has 0 bridgehead atoms. The zero-order chi connectivity index (χ0) is 17.9. The molecule has 1 aromatic heterocycles. The van der Waals surface area contributed by atoms with Crippen molar-refractivity contribution < 1.29 is 19.1 Å². The lowest BCUT2D eigenvalue weighted by Crippen LogP contribution is -2.41. The second-order valence-corrected chi connectivity index (χ2v) is 6.02. The molecule has 128 valence electrons. The number of carbonyl (C=O) groups excluding carboxylic acids is 1. The third-order valence-corrected chi connectivity index (χ3v) is 3.51. The van der Waals surface area contributed by atoms with Gasteiger partial charge >= 0.3 is 5.97 Å². The van der Waals surface area contributed by atoms with Gasteiger partial charge in [0.15, 0.2) is 11.5 Å². The van der Waals surface area contributed by atoms with Crippen LogP contribution in [-0.4, -0.2) is 38.0 Å².